The highest BCUT2D eigenvalue weighted by molar-refractivity contribution is 5.88. The summed E-state index contributed by atoms with van der Waals surface area (Å²) in [4.78, 5) is 26.4. The van der Waals surface area contributed by atoms with E-state index in [-0.39, 0.29) is 18.3 Å². The number of aromatic nitrogens is 3. The van der Waals surface area contributed by atoms with Gasteiger partial charge in [0.2, 0.25) is 5.82 Å². The Hall–Kier alpha value is -2.08. The van der Waals surface area contributed by atoms with Gasteiger partial charge in [0.05, 0.1) is 0 Å². The van der Waals surface area contributed by atoms with E-state index in [9.17, 15) is 19.8 Å². The highest BCUT2D eigenvalue weighted by Gasteiger charge is 2.45. The number of hydrogen-bond acceptors (Lipinski definition) is 9. The molecule has 6 N–H and O–H groups in total. The molecule has 11 heteroatoms. The average molecular weight is 350 g/mol. The summed E-state index contributed by atoms with van der Waals surface area (Å²) in [6.45, 7) is 3.26. The second-order valence-electron chi connectivity index (χ2n) is 5.86. The minimum absolute atomic E-state index is 0.104. The number of rotatable bonds is 6. The van der Waals surface area contributed by atoms with E-state index in [2.05, 4.69) is 10.1 Å². The third kappa shape index (κ3) is 3.70. The van der Waals surface area contributed by atoms with Crippen LogP contribution in [0.2, 0.25) is 0 Å². The van der Waals surface area contributed by atoms with E-state index in [1.54, 1.807) is 13.8 Å². The molecule has 1 saturated heterocycles. The Labute approximate surface area is 137 Å². The molecule has 1 aromatic rings. The molecule has 0 spiro atoms. The van der Waals surface area contributed by atoms with Gasteiger partial charge in [0, 0.05) is 0 Å². The monoisotopic (exact) mass is 350 g/mol. The molecule has 0 aliphatic carbocycles. The minimum Gasteiger partial charge on any atom is -0.462 e. The third-order valence-electron chi connectivity index (χ3n) is 3.71. The molecule has 1 aliphatic rings. The molecule has 1 amide bonds. The van der Waals surface area contributed by atoms with Crippen LogP contribution in [0, 0.1) is 5.92 Å². The highest BCUT2D eigenvalue weighted by atomic mass is 16.6. The van der Waals surface area contributed by atoms with Crippen LogP contribution in [0.25, 0.3) is 0 Å². The van der Waals surface area contributed by atoms with E-state index in [0.29, 0.717) is 0 Å². The molecule has 134 valence electrons. The first-order valence-electron chi connectivity index (χ1n) is 7.37. The third-order valence-corrected chi connectivity index (χ3v) is 3.71. The average Bonchev–Trinajstić information content (AvgIpc) is 3.11. The van der Waals surface area contributed by atoms with E-state index in [1.807, 2.05) is 0 Å². The quantitative estimate of drug-likeness (QED) is 0.246. The summed E-state index contributed by atoms with van der Waals surface area (Å²) in [7, 11) is 0. The summed E-state index contributed by atoms with van der Waals surface area (Å²) < 4.78 is 11.5. The maximum Gasteiger partial charge on any atom is 0.323 e. The SMILES string of the molecule is CC(C)[C@H](N)C(=O)OC[C@@H]1O[C@H]([15n]2[13cH][15n][13c]([13C]([15NH2])=O)[15n]2)[C@@H](O)[C@H]1O. The van der Waals surface area contributed by atoms with Crippen molar-refractivity contribution in [2.45, 2.75) is 44.4 Å². The van der Waals surface area contributed by atoms with Gasteiger partial charge < -0.3 is 31.2 Å². The van der Waals surface area contributed by atoms with E-state index in [1.165, 1.54) is 0 Å². The second-order valence-corrected chi connectivity index (χ2v) is 5.86. The summed E-state index contributed by atoms with van der Waals surface area (Å²) >= 11 is 0. The predicted molar refractivity (Wildman–Crippen MR) is 78.2 cm³/mol. The van der Waals surface area contributed by atoms with Crippen molar-refractivity contribution >= 4 is 11.9 Å². The molecule has 2 heterocycles. The summed E-state index contributed by atoms with van der Waals surface area (Å²) in [5.41, 5.74) is 10.7. The van der Waals surface area contributed by atoms with Gasteiger partial charge in [-0.15, -0.1) is 5.10 Å². The number of nitrogens with zero attached hydrogens (tertiary/aromatic N) is 3. The molecule has 1 aliphatic heterocycles. The van der Waals surface area contributed by atoms with Crippen molar-refractivity contribution in [1.82, 2.24) is 14.8 Å². The van der Waals surface area contributed by atoms with Crippen LogP contribution < -0.4 is 11.5 Å². The molecule has 0 aromatic carbocycles. The Kier molecular flexibility index (Phi) is 5.49. The predicted octanol–water partition coefficient (Wildman–Crippen LogP) is -2.48. The zero-order valence-electron chi connectivity index (χ0n) is 13.3. The van der Waals surface area contributed by atoms with Gasteiger partial charge in [-0.2, -0.15) is 0 Å². The smallest absolute Gasteiger partial charge is 0.323 e. The van der Waals surface area contributed by atoms with Crippen LogP contribution in [-0.2, 0) is 14.3 Å². The number of aliphatic hydroxyl groups is 2. The number of carbonyl (C=O) groups excluding carboxylic acids is 2. The van der Waals surface area contributed by atoms with E-state index in [4.69, 9.17) is 20.9 Å². The fraction of sp³-hybridized carbons (Fsp3) is 0.692. The van der Waals surface area contributed by atoms with E-state index < -0.39 is 42.5 Å². The van der Waals surface area contributed by atoms with Crippen LogP contribution >= 0.6 is 0 Å². The lowest BCUT2D eigenvalue weighted by Gasteiger charge is -2.18. The van der Waals surface area contributed by atoms with Crippen molar-refractivity contribution in [2.75, 3.05) is 6.61 Å². The van der Waals surface area contributed by atoms with Gasteiger partial charge in [0.25, 0.3) is 5.91 Å². The van der Waals surface area contributed by atoms with Crippen molar-refractivity contribution in [3.63, 3.8) is 0 Å². The van der Waals surface area contributed by atoms with Crippen molar-refractivity contribution in [3.05, 3.63) is 12.2 Å². The molecule has 0 radical (unpaired) electrons. The van der Waals surface area contributed by atoms with Crippen molar-refractivity contribution in [3.8, 4) is 0 Å². The Morgan fingerprint density at radius 3 is 2.62 bits per heavy atom. The molecule has 5 atom stereocenters. The Bertz CT molecular complexity index is 605. The number of esters is 1. The lowest BCUT2D eigenvalue weighted by molar-refractivity contribution is -0.152. The van der Waals surface area contributed by atoms with Gasteiger partial charge in [0.15, 0.2) is 6.23 Å². The molecule has 24 heavy (non-hydrogen) atoms. The minimum atomic E-state index is -1.35. The Morgan fingerprint density at radius 1 is 1.42 bits per heavy atom. The van der Waals surface area contributed by atoms with Crippen molar-refractivity contribution in [1.29, 1.82) is 0 Å². The molecule has 1 fully saturated rings. The zero-order chi connectivity index (χ0) is 18.0. The van der Waals surface area contributed by atoms with Gasteiger partial charge >= 0.3 is 5.97 Å². The Morgan fingerprint density at radius 2 is 2.08 bits per heavy atom. The summed E-state index contributed by atoms with van der Waals surface area (Å²) in [6.07, 6.45) is -3.60. The molecule has 2 rings (SSSR count). The van der Waals surface area contributed by atoms with Crippen LogP contribution in [0.4, 0.5) is 0 Å². The number of amides is 1. The van der Waals surface area contributed by atoms with Crippen LogP contribution in [0.3, 0.4) is 0 Å². The maximum atomic E-state index is 11.7. The lowest BCUT2D eigenvalue weighted by atomic mass is 10.1. The van der Waals surface area contributed by atoms with Crippen LogP contribution in [-0.4, -0.2) is 67.8 Å². The number of carbonyl (C=O) groups is 2. The first-order valence-corrected chi connectivity index (χ1v) is 7.37. The van der Waals surface area contributed by atoms with Crippen LogP contribution in [0.5, 0.6) is 0 Å². The van der Waals surface area contributed by atoms with Crippen molar-refractivity contribution in [2.24, 2.45) is 17.4 Å². The molecule has 0 saturated carbocycles. The molecule has 1 aromatic heterocycles. The highest BCUT2D eigenvalue weighted by Crippen LogP contribution is 2.29. The first kappa shape index (κ1) is 18.3. The van der Waals surface area contributed by atoms with Crippen molar-refractivity contribution < 1.29 is 29.3 Å². The largest absolute Gasteiger partial charge is 0.462 e. The fourth-order valence-corrected chi connectivity index (χ4v) is 2.13. The van der Waals surface area contributed by atoms with E-state index >= 15 is 0 Å². The number of ether oxygens (including phenoxy) is 2. The standard InChI is InChI=1S/C13H21N5O6/c1-5(2)7(14)13(22)23-3-6-8(19)9(20)12(24-6)18-4-16-11(17-18)10(15)21/h4-9,12,19-20H,3,14H2,1-2H3,(H2,15,21)/t6-,7-,8-,9-,12-/m0/s1/i4+1,10+1,11+1,15+1,16+1,17+1,18+1. The van der Waals surface area contributed by atoms with Gasteiger partial charge in [-0.1, -0.05) is 13.8 Å². The fourth-order valence-electron chi connectivity index (χ4n) is 2.13. The van der Waals surface area contributed by atoms with Crippen LogP contribution in [0.15, 0.2) is 6.33 Å². The van der Waals surface area contributed by atoms with Gasteiger partial charge in [-0.3, -0.25) is 9.59 Å². The molecular formula is C13H21N5O6. The summed E-state index contributed by atoms with van der Waals surface area (Å²) in [5, 5.41) is 23.8. The molecule has 11 nitrogen and oxygen atoms in total. The first-order chi connectivity index (χ1) is 11.2. The summed E-state index contributed by atoms with van der Waals surface area (Å²) in [5.74, 6) is -1.82. The molecular weight excluding hydrogens is 329 g/mol. The second kappa shape index (κ2) is 7.21. The topological polar surface area (TPSA) is 176 Å². The molecule has 0 unspecified atom stereocenters. The maximum absolute atomic E-state index is 11.7. The Balaban J connectivity index is 1.99. The number of hydrogen-bond donors (Lipinski definition) is 4. The zero-order valence-corrected chi connectivity index (χ0v) is 13.3. The van der Waals surface area contributed by atoms with Gasteiger partial charge in [-0.25, -0.2) is 9.67 Å². The molecule has 0 bridgehead atoms. The summed E-state index contributed by atoms with van der Waals surface area (Å²) in [6, 6.07) is -0.794. The van der Waals surface area contributed by atoms with E-state index in [0.717, 1.165) is 11.0 Å². The normalized spacial score (nSPS) is 28.1. The van der Waals surface area contributed by atoms with Gasteiger partial charge in [-0.05, 0) is 5.92 Å². The number of nitrogens with two attached hydrogens (primary N) is 2. The lowest BCUT2D eigenvalue weighted by Crippen LogP contribution is -2.40. The van der Waals surface area contributed by atoms with Gasteiger partial charge in [0.1, 0.15) is 37.3 Å². The van der Waals surface area contributed by atoms with Crippen LogP contribution in [0.1, 0.15) is 30.7 Å². The number of aliphatic hydroxyl groups excluding tert-OH is 2. The number of primary amides is 1.